The van der Waals surface area contributed by atoms with Gasteiger partial charge in [0.2, 0.25) is 10.0 Å². The summed E-state index contributed by atoms with van der Waals surface area (Å²) in [6, 6.07) is 12.3. The molecule has 0 aliphatic carbocycles. The van der Waals surface area contributed by atoms with Crippen molar-refractivity contribution in [2.75, 3.05) is 18.4 Å². The first kappa shape index (κ1) is 18.3. The van der Waals surface area contributed by atoms with Crippen LogP contribution in [0.1, 0.15) is 24.8 Å². The number of aromatic nitrogens is 1. The van der Waals surface area contributed by atoms with E-state index < -0.39 is 10.0 Å². The Kier molecular flexibility index (Phi) is 5.85. The third-order valence-corrected chi connectivity index (χ3v) is 6.14. The average Bonchev–Trinajstić information content (AvgIpc) is 2.68. The molecule has 0 saturated carbocycles. The Bertz CT molecular complexity index is 845. The SMILES string of the molecule is NC(=NCc1ccc(S(=O)(=O)N2CCCCC2)cc1)Nc1ccccn1. The Morgan fingerprint density at radius 3 is 2.50 bits per heavy atom. The van der Waals surface area contributed by atoms with Crippen molar-refractivity contribution in [2.24, 2.45) is 10.7 Å². The summed E-state index contributed by atoms with van der Waals surface area (Å²) in [5.74, 6) is 0.880. The van der Waals surface area contributed by atoms with E-state index in [9.17, 15) is 8.42 Å². The number of aliphatic imine (C=N–C) groups is 1. The number of hydrogen-bond acceptors (Lipinski definition) is 4. The number of benzene rings is 1. The van der Waals surface area contributed by atoms with Gasteiger partial charge in [-0.3, -0.25) is 0 Å². The molecule has 26 heavy (non-hydrogen) atoms. The molecule has 1 fully saturated rings. The fourth-order valence-corrected chi connectivity index (χ4v) is 4.32. The highest BCUT2D eigenvalue weighted by molar-refractivity contribution is 7.89. The van der Waals surface area contributed by atoms with Crippen LogP contribution in [0.2, 0.25) is 0 Å². The third kappa shape index (κ3) is 4.59. The summed E-state index contributed by atoms with van der Waals surface area (Å²) in [4.78, 5) is 8.69. The Labute approximate surface area is 154 Å². The zero-order valence-electron chi connectivity index (χ0n) is 14.5. The lowest BCUT2D eigenvalue weighted by molar-refractivity contribution is 0.346. The van der Waals surface area contributed by atoms with Crippen molar-refractivity contribution < 1.29 is 8.42 Å². The van der Waals surface area contributed by atoms with Gasteiger partial charge in [-0.05, 0) is 42.7 Å². The largest absolute Gasteiger partial charge is 0.370 e. The van der Waals surface area contributed by atoms with Crippen LogP contribution in [0.5, 0.6) is 0 Å². The molecular weight excluding hydrogens is 350 g/mol. The van der Waals surface area contributed by atoms with Crippen LogP contribution in [0.25, 0.3) is 0 Å². The number of sulfonamides is 1. The van der Waals surface area contributed by atoms with Crippen LogP contribution in [0.3, 0.4) is 0 Å². The number of pyridine rings is 1. The molecule has 1 aromatic heterocycles. The molecule has 0 atom stereocenters. The van der Waals surface area contributed by atoms with Gasteiger partial charge in [0.05, 0.1) is 11.4 Å². The smallest absolute Gasteiger partial charge is 0.243 e. The van der Waals surface area contributed by atoms with Crippen LogP contribution in [-0.4, -0.2) is 36.8 Å². The van der Waals surface area contributed by atoms with Gasteiger partial charge in [-0.15, -0.1) is 0 Å². The molecule has 1 aliphatic rings. The highest BCUT2D eigenvalue weighted by Crippen LogP contribution is 2.21. The lowest BCUT2D eigenvalue weighted by atomic mass is 10.2. The maximum Gasteiger partial charge on any atom is 0.243 e. The molecule has 3 N–H and O–H groups in total. The van der Waals surface area contributed by atoms with Crippen LogP contribution in [0.15, 0.2) is 58.5 Å². The number of hydrogen-bond donors (Lipinski definition) is 2. The van der Waals surface area contributed by atoms with Gasteiger partial charge >= 0.3 is 0 Å². The molecule has 2 heterocycles. The standard InChI is InChI=1S/C18H23N5O2S/c19-18(22-17-6-2-3-11-20-17)21-14-15-7-9-16(10-8-15)26(24,25)23-12-4-1-5-13-23/h2-3,6-11H,1,4-5,12-14H2,(H3,19,20,21,22). The second-order valence-electron chi connectivity index (χ2n) is 6.15. The van der Waals surface area contributed by atoms with Gasteiger partial charge in [0.15, 0.2) is 5.96 Å². The minimum Gasteiger partial charge on any atom is -0.370 e. The van der Waals surface area contributed by atoms with Crippen molar-refractivity contribution in [3.05, 3.63) is 54.2 Å². The van der Waals surface area contributed by atoms with Gasteiger partial charge in [0.25, 0.3) is 0 Å². The first-order chi connectivity index (χ1) is 12.6. The molecule has 1 saturated heterocycles. The molecule has 7 nitrogen and oxygen atoms in total. The molecular formula is C18H23N5O2S. The maximum absolute atomic E-state index is 12.6. The van der Waals surface area contributed by atoms with Crippen LogP contribution < -0.4 is 11.1 Å². The molecule has 138 valence electrons. The number of guanidine groups is 1. The van der Waals surface area contributed by atoms with Crippen LogP contribution >= 0.6 is 0 Å². The highest BCUT2D eigenvalue weighted by atomic mass is 32.2. The van der Waals surface area contributed by atoms with E-state index in [1.165, 1.54) is 0 Å². The number of nitrogens with zero attached hydrogens (tertiary/aromatic N) is 3. The Hall–Kier alpha value is -2.45. The lowest BCUT2D eigenvalue weighted by Gasteiger charge is -2.25. The van der Waals surface area contributed by atoms with Crippen molar-refractivity contribution in [1.82, 2.24) is 9.29 Å². The summed E-state index contributed by atoms with van der Waals surface area (Å²) >= 11 is 0. The fourth-order valence-electron chi connectivity index (χ4n) is 2.81. The van der Waals surface area contributed by atoms with Crippen molar-refractivity contribution >= 4 is 21.8 Å². The zero-order chi connectivity index (χ0) is 18.4. The van der Waals surface area contributed by atoms with Gasteiger partial charge in [-0.1, -0.05) is 24.6 Å². The summed E-state index contributed by atoms with van der Waals surface area (Å²) in [6.45, 7) is 1.56. The van der Waals surface area contributed by atoms with Crippen molar-refractivity contribution in [1.29, 1.82) is 0 Å². The van der Waals surface area contributed by atoms with E-state index in [-0.39, 0.29) is 5.96 Å². The van der Waals surface area contributed by atoms with Crippen LogP contribution in [-0.2, 0) is 16.6 Å². The van der Waals surface area contributed by atoms with E-state index in [4.69, 9.17) is 5.73 Å². The number of nitrogens with one attached hydrogen (secondary N) is 1. The molecule has 1 aliphatic heterocycles. The molecule has 0 amide bonds. The predicted octanol–water partition coefficient (Wildman–Crippen LogP) is 2.18. The van der Waals surface area contributed by atoms with Gasteiger partial charge in [0, 0.05) is 19.3 Å². The fraction of sp³-hybridized carbons (Fsp3) is 0.333. The van der Waals surface area contributed by atoms with Crippen molar-refractivity contribution in [3.8, 4) is 0 Å². The number of nitrogens with two attached hydrogens (primary N) is 1. The Morgan fingerprint density at radius 2 is 1.85 bits per heavy atom. The summed E-state index contributed by atoms with van der Waals surface area (Å²) in [6.07, 6.45) is 4.61. The monoisotopic (exact) mass is 373 g/mol. The summed E-state index contributed by atoms with van der Waals surface area (Å²) in [5, 5.41) is 2.90. The van der Waals surface area contributed by atoms with Gasteiger partial charge in [-0.25, -0.2) is 18.4 Å². The van der Waals surface area contributed by atoms with E-state index in [0.29, 0.717) is 30.3 Å². The lowest BCUT2D eigenvalue weighted by Crippen LogP contribution is -2.35. The molecule has 2 aromatic rings. The van der Waals surface area contributed by atoms with E-state index in [2.05, 4.69) is 15.3 Å². The first-order valence-corrected chi connectivity index (χ1v) is 10.1. The second kappa shape index (κ2) is 8.29. The summed E-state index contributed by atoms with van der Waals surface area (Å²) < 4.78 is 26.8. The molecule has 1 aromatic carbocycles. The molecule has 3 rings (SSSR count). The van der Waals surface area contributed by atoms with Crippen LogP contribution in [0, 0.1) is 0 Å². The number of rotatable bonds is 5. The number of anilines is 1. The average molecular weight is 373 g/mol. The molecule has 0 radical (unpaired) electrons. The third-order valence-electron chi connectivity index (χ3n) is 4.23. The molecule has 0 unspecified atom stereocenters. The topological polar surface area (TPSA) is 101 Å². The normalized spacial score (nSPS) is 16.4. The quantitative estimate of drug-likeness (QED) is 0.618. The van der Waals surface area contributed by atoms with Gasteiger partial charge in [0.1, 0.15) is 5.82 Å². The van der Waals surface area contributed by atoms with E-state index in [1.54, 1.807) is 40.8 Å². The van der Waals surface area contributed by atoms with E-state index in [1.807, 2.05) is 12.1 Å². The predicted molar refractivity (Wildman–Crippen MR) is 102 cm³/mol. The van der Waals surface area contributed by atoms with E-state index in [0.717, 1.165) is 24.8 Å². The molecule has 0 bridgehead atoms. The number of piperidine rings is 1. The first-order valence-electron chi connectivity index (χ1n) is 8.63. The summed E-state index contributed by atoms with van der Waals surface area (Å²) in [5.41, 5.74) is 6.73. The Balaban J connectivity index is 1.63. The summed E-state index contributed by atoms with van der Waals surface area (Å²) in [7, 11) is -3.40. The second-order valence-corrected chi connectivity index (χ2v) is 8.09. The molecule has 0 spiro atoms. The maximum atomic E-state index is 12.6. The van der Waals surface area contributed by atoms with E-state index >= 15 is 0 Å². The van der Waals surface area contributed by atoms with Crippen molar-refractivity contribution in [3.63, 3.8) is 0 Å². The Morgan fingerprint density at radius 1 is 1.12 bits per heavy atom. The van der Waals surface area contributed by atoms with Crippen molar-refractivity contribution in [2.45, 2.75) is 30.7 Å². The minimum atomic E-state index is -3.40. The van der Waals surface area contributed by atoms with Gasteiger partial charge < -0.3 is 11.1 Å². The zero-order valence-corrected chi connectivity index (χ0v) is 15.3. The van der Waals surface area contributed by atoms with Crippen LogP contribution in [0.4, 0.5) is 5.82 Å². The minimum absolute atomic E-state index is 0.258. The van der Waals surface area contributed by atoms with Gasteiger partial charge in [-0.2, -0.15) is 4.31 Å². The highest BCUT2D eigenvalue weighted by Gasteiger charge is 2.25. The molecule has 8 heteroatoms.